The van der Waals surface area contributed by atoms with Crippen molar-refractivity contribution in [3.63, 3.8) is 0 Å². The van der Waals surface area contributed by atoms with Gasteiger partial charge in [-0.2, -0.15) is 11.8 Å². The van der Waals surface area contributed by atoms with E-state index in [2.05, 4.69) is 5.32 Å². The Kier molecular flexibility index (Phi) is 7.33. The largest absolute Gasteiger partial charge is 0.469 e. The fourth-order valence-corrected chi connectivity index (χ4v) is 4.14. The monoisotopic (exact) mass is 400 g/mol. The van der Waals surface area contributed by atoms with Crippen LogP contribution in [0, 0.1) is 0 Å². The van der Waals surface area contributed by atoms with Crippen LogP contribution in [0.1, 0.15) is 6.42 Å². The zero-order valence-corrected chi connectivity index (χ0v) is 16.6. The van der Waals surface area contributed by atoms with Crippen LogP contribution in [0.25, 0.3) is 0 Å². The Bertz CT molecular complexity index is 800. The van der Waals surface area contributed by atoms with E-state index in [1.54, 1.807) is 17.8 Å². The summed E-state index contributed by atoms with van der Waals surface area (Å²) in [5.74, 6) is 2.81. The molecule has 148 valence electrons. The number of hydrogen-bond donors (Lipinski definition) is 1. The average molecular weight is 401 g/mol. The molecule has 0 bridgehead atoms. The highest BCUT2D eigenvalue weighted by Crippen LogP contribution is 2.24. The maximum Gasteiger partial charge on any atom is 0.307 e. The first-order valence-electron chi connectivity index (χ1n) is 9.15. The van der Waals surface area contributed by atoms with Crippen molar-refractivity contribution < 1.29 is 19.1 Å². The highest BCUT2D eigenvalue weighted by Gasteiger charge is 2.27. The molecule has 0 saturated carbocycles. The van der Waals surface area contributed by atoms with Crippen molar-refractivity contribution in [2.24, 2.45) is 0 Å². The van der Waals surface area contributed by atoms with Gasteiger partial charge in [0, 0.05) is 35.8 Å². The summed E-state index contributed by atoms with van der Waals surface area (Å²) in [5, 5.41) is 2.92. The Hall–Kier alpha value is -2.51. The summed E-state index contributed by atoms with van der Waals surface area (Å²) < 4.78 is 10.6. The standard InChI is InChI=1S/C21H24N2O4S/c1-26-21(25)13-17-15-28-11-10-23(17)14-20(24)22-16-6-5-9-19(12-16)27-18-7-3-2-4-8-18/h2-9,12,17H,10-11,13-15H2,1H3,(H,22,24)/t17-/m1/s1. The van der Waals surface area contributed by atoms with Gasteiger partial charge in [-0.15, -0.1) is 0 Å². The van der Waals surface area contributed by atoms with E-state index in [4.69, 9.17) is 9.47 Å². The summed E-state index contributed by atoms with van der Waals surface area (Å²) in [5.41, 5.74) is 0.675. The predicted molar refractivity (Wildman–Crippen MR) is 111 cm³/mol. The van der Waals surface area contributed by atoms with E-state index in [0.717, 1.165) is 23.8 Å². The summed E-state index contributed by atoms with van der Waals surface area (Å²) in [7, 11) is 1.39. The van der Waals surface area contributed by atoms with Gasteiger partial charge in [0.05, 0.1) is 20.1 Å². The second-order valence-corrected chi connectivity index (χ2v) is 7.62. The fraction of sp³-hybridized carbons (Fsp3) is 0.333. The summed E-state index contributed by atoms with van der Waals surface area (Å²) in [6, 6.07) is 16.8. The maximum absolute atomic E-state index is 12.5. The van der Waals surface area contributed by atoms with E-state index in [1.165, 1.54) is 7.11 Å². The third-order valence-corrected chi connectivity index (χ3v) is 5.51. The number of nitrogens with one attached hydrogen (secondary N) is 1. The molecule has 7 heteroatoms. The second-order valence-electron chi connectivity index (χ2n) is 6.47. The summed E-state index contributed by atoms with van der Waals surface area (Å²) in [6.07, 6.45) is 0.303. The summed E-state index contributed by atoms with van der Waals surface area (Å²) in [6.45, 7) is 1.02. The van der Waals surface area contributed by atoms with Crippen LogP contribution in [-0.2, 0) is 14.3 Å². The highest BCUT2D eigenvalue weighted by atomic mass is 32.2. The number of thioether (sulfide) groups is 1. The molecule has 0 unspecified atom stereocenters. The molecule has 6 nitrogen and oxygen atoms in total. The molecule has 1 amide bonds. The number of methoxy groups -OCH3 is 1. The molecule has 0 radical (unpaired) electrons. The zero-order valence-electron chi connectivity index (χ0n) is 15.8. The Balaban J connectivity index is 1.58. The highest BCUT2D eigenvalue weighted by molar-refractivity contribution is 7.99. The minimum Gasteiger partial charge on any atom is -0.469 e. The van der Waals surface area contributed by atoms with Crippen LogP contribution < -0.4 is 10.1 Å². The van der Waals surface area contributed by atoms with E-state index in [0.29, 0.717) is 17.9 Å². The van der Waals surface area contributed by atoms with E-state index >= 15 is 0 Å². The van der Waals surface area contributed by atoms with Crippen LogP contribution in [-0.4, -0.2) is 54.5 Å². The van der Waals surface area contributed by atoms with Crippen LogP contribution in [0.4, 0.5) is 5.69 Å². The number of carbonyl (C=O) groups is 2. The first-order valence-corrected chi connectivity index (χ1v) is 10.3. The van der Waals surface area contributed by atoms with Crippen LogP contribution in [0.5, 0.6) is 11.5 Å². The molecule has 1 atom stereocenters. The lowest BCUT2D eigenvalue weighted by molar-refractivity contribution is -0.142. The lowest BCUT2D eigenvalue weighted by Gasteiger charge is -2.34. The molecule has 3 rings (SSSR count). The van der Waals surface area contributed by atoms with Gasteiger partial charge in [-0.25, -0.2) is 0 Å². The fourth-order valence-electron chi connectivity index (χ4n) is 3.01. The second kappa shape index (κ2) is 10.1. The molecule has 0 aromatic heterocycles. The minimum absolute atomic E-state index is 0.0182. The third-order valence-electron chi connectivity index (χ3n) is 4.42. The van der Waals surface area contributed by atoms with Gasteiger partial charge in [0.15, 0.2) is 0 Å². The molecule has 2 aromatic carbocycles. The molecule has 1 N–H and O–H groups in total. The van der Waals surface area contributed by atoms with Gasteiger partial charge < -0.3 is 14.8 Å². The molecule has 0 aliphatic carbocycles. The van der Waals surface area contributed by atoms with E-state index in [-0.39, 0.29) is 24.5 Å². The SMILES string of the molecule is COC(=O)C[C@@H]1CSCCN1CC(=O)Nc1cccc(Oc2ccccc2)c1. The summed E-state index contributed by atoms with van der Waals surface area (Å²) >= 11 is 1.80. The molecular weight excluding hydrogens is 376 g/mol. The number of ether oxygens (including phenoxy) is 2. The number of esters is 1. The van der Waals surface area contributed by atoms with Crippen LogP contribution in [0.3, 0.4) is 0 Å². The number of benzene rings is 2. The lowest BCUT2D eigenvalue weighted by atomic mass is 10.2. The van der Waals surface area contributed by atoms with Gasteiger partial charge in [0.25, 0.3) is 0 Å². The molecule has 0 spiro atoms. The Labute approximate surface area is 169 Å². The zero-order chi connectivity index (χ0) is 19.8. The van der Waals surface area contributed by atoms with Crippen molar-refractivity contribution in [2.75, 3.05) is 37.0 Å². The molecule has 1 aliphatic heterocycles. The first-order chi connectivity index (χ1) is 13.6. The van der Waals surface area contributed by atoms with Crippen molar-refractivity contribution in [1.82, 2.24) is 4.90 Å². The van der Waals surface area contributed by atoms with E-state index < -0.39 is 0 Å². The summed E-state index contributed by atoms with van der Waals surface area (Å²) in [4.78, 5) is 26.2. The maximum atomic E-state index is 12.5. The Morgan fingerprint density at radius 2 is 1.93 bits per heavy atom. The lowest BCUT2D eigenvalue weighted by Crippen LogP contribution is -2.47. The van der Waals surface area contributed by atoms with Gasteiger partial charge >= 0.3 is 5.97 Å². The Morgan fingerprint density at radius 3 is 2.71 bits per heavy atom. The van der Waals surface area contributed by atoms with Crippen molar-refractivity contribution in [3.8, 4) is 11.5 Å². The van der Waals surface area contributed by atoms with Crippen LogP contribution in [0.2, 0.25) is 0 Å². The molecule has 1 fully saturated rings. The van der Waals surface area contributed by atoms with Crippen LogP contribution in [0.15, 0.2) is 54.6 Å². The van der Waals surface area contributed by atoms with Crippen molar-refractivity contribution in [2.45, 2.75) is 12.5 Å². The van der Waals surface area contributed by atoms with E-state index in [1.807, 2.05) is 53.4 Å². The molecule has 1 heterocycles. The van der Waals surface area contributed by atoms with Gasteiger partial charge in [-0.05, 0) is 24.3 Å². The minimum atomic E-state index is -0.247. The van der Waals surface area contributed by atoms with Crippen LogP contribution >= 0.6 is 11.8 Å². The predicted octanol–water partition coefficient (Wildman–Crippen LogP) is 3.40. The molecular formula is C21H24N2O4S. The molecule has 28 heavy (non-hydrogen) atoms. The number of hydrogen-bond acceptors (Lipinski definition) is 6. The van der Waals surface area contributed by atoms with Gasteiger partial charge in [0.1, 0.15) is 11.5 Å². The van der Waals surface area contributed by atoms with Crippen molar-refractivity contribution in [3.05, 3.63) is 54.6 Å². The number of amides is 1. The normalized spacial score (nSPS) is 17.0. The molecule has 1 aliphatic rings. The first kappa shape index (κ1) is 20.2. The number of para-hydroxylation sites is 1. The number of nitrogens with zero attached hydrogens (tertiary/aromatic N) is 1. The smallest absolute Gasteiger partial charge is 0.307 e. The third kappa shape index (κ3) is 6.00. The van der Waals surface area contributed by atoms with Gasteiger partial charge in [0.2, 0.25) is 5.91 Å². The van der Waals surface area contributed by atoms with Gasteiger partial charge in [-0.1, -0.05) is 24.3 Å². The Morgan fingerprint density at radius 1 is 1.14 bits per heavy atom. The number of rotatable bonds is 7. The van der Waals surface area contributed by atoms with Crippen molar-refractivity contribution >= 4 is 29.3 Å². The molecule has 2 aromatic rings. The topological polar surface area (TPSA) is 67.9 Å². The van der Waals surface area contributed by atoms with Gasteiger partial charge in [-0.3, -0.25) is 14.5 Å². The molecule has 1 saturated heterocycles. The quantitative estimate of drug-likeness (QED) is 0.719. The number of carbonyl (C=O) groups excluding carboxylic acids is 2. The van der Waals surface area contributed by atoms with Crippen molar-refractivity contribution in [1.29, 1.82) is 0 Å². The number of anilines is 1. The average Bonchev–Trinajstić information content (AvgIpc) is 2.70. The van der Waals surface area contributed by atoms with E-state index in [9.17, 15) is 9.59 Å².